The largest absolute Gasteiger partial charge is 0.329 e. The number of amides is 1. The molecule has 1 amide bonds. The van der Waals surface area contributed by atoms with E-state index in [9.17, 15) is 9.59 Å². The lowest BCUT2D eigenvalue weighted by molar-refractivity contribution is -0.124. The van der Waals surface area contributed by atoms with Gasteiger partial charge in [-0.15, -0.1) is 0 Å². The van der Waals surface area contributed by atoms with Gasteiger partial charge in [-0.25, -0.2) is 4.79 Å². The summed E-state index contributed by atoms with van der Waals surface area (Å²) in [5.41, 5.74) is 3.43. The first-order chi connectivity index (χ1) is 10.4. The Morgan fingerprint density at radius 2 is 2.00 bits per heavy atom. The molecule has 1 aliphatic heterocycles. The molecule has 0 aliphatic carbocycles. The van der Waals surface area contributed by atoms with Crippen molar-refractivity contribution in [1.82, 2.24) is 14.5 Å². The Kier molecular flexibility index (Phi) is 3.43. The molecule has 116 valence electrons. The van der Waals surface area contributed by atoms with Crippen molar-refractivity contribution in [2.75, 3.05) is 0 Å². The molecule has 1 fully saturated rings. The molecule has 0 radical (unpaired) electrons. The van der Waals surface area contributed by atoms with E-state index >= 15 is 0 Å². The van der Waals surface area contributed by atoms with Crippen LogP contribution in [-0.4, -0.2) is 15.0 Å². The number of benzene rings is 1. The second kappa shape index (κ2) is 5.16. The monoisotopic (exact) mass is 299 g/mol. The van der Waals surface area contributed by atoms with Crippen molar-refractivity contribution in [1.29, 1.82) is 0 Å². The minimum Gasteiger partial charge on any atom is -0.329 e. The van der Waals surface area contributed by atoms with Crippen LogP contribution in [0.2, 0.25) is 0 Å². The molecule has 1 N–H and O–H groups in total. The van der Waals surface area contributed by atoms with Crippen molar-refractivity contribution in [3.63, 3.8) is 0 Å². The average molecular weight is 299 g/mol. The number of aromatic nitrogens is 2. The van der Waals surface area contributed by atoms with Crippen LogP contribution < -0.4 is 11.0 Å². The van der Waals surface area contributed by atoms with Gasteiger partial charge in [0.05, 0.1) is 11.0 Å². The number of nitrogens with one attached hydrogen (secondary N) is 1. The highest BCUT2D eigenvalue weighted by atomic mass is 16.2. The van der Waals surface area contributed by atoms with Crippen LogP contribution in [0.15, 0.2) is 35.3 Å². The standard InChI is InChI=1S/C17H21N3O2/c1-10(2)12-6-8-13-15(9-12)19(4)17(22)20(13)14-7-5-11(3)18-16(14)21/h6,8-10,14H,3,5,7H2,1-2,4H3,(H,18,21)/t14-/m0/s1. The Hall–Kier alpha value is -2.30. The number of imidazole rings is 1. The molecule has 0 saturated carbocycles. The maximum absolute atomic E-state index is 12.6. The number of allylic oxidation sites excluding steroid dienone is 1. The highest BCUT2D eigenvalue weighted by Gasteiger charge is 2.29. The molecule has 0 spiro atoms. The Bertz CT molecular complexity index is 826. The molecule has 1 atom stereocenters. The van der Waals surface area contributed by atoms with Crippen LogP contribution in [0, 0.1) is 0 Å². The minimum atomic E-state index is -0.466. The molecule has 0 bridgehead atoms. The van der Waals surface area contributed by atoms with Gasteiger partial charge in [0.15, 0.2) is 0 Å². The summed E-state index contributed by atoms with van der Waals surface area (Å²) in [6, 6.07) is 5.55. The summed E-state index contributed by atoms with van der Waals surface area (Å²) >= 11 is 0. The molecule has 3 rings (SSSR count). The highest BCUT2D eigenvalue weighted by molar-refractivity contribution is 5.86. The second-order valence-electron chi connectivity index (χ2n) is 6.26. The van der Waals surface area contributed by atoms with Gasteiger partial charge in [-0.05, 0) is 36.5 Å². The molecule has 1 saturated heterocycles. The van der Waals surface area contributed by atoms with Gasteiger partial charge in [0.1, 0.15) is 6.04 Å². The van der Waals surface area contributed by atoms with E-state index in [4.69, 9.17) is 0 Å². The van der Waals surface area contributed by atoms with E-state index in [2.05, 4.69) is 25.7 Å². The van der Waals surface area contributed by atoms with Crippen molar-refractivity contribution in [2.45, 2.75) is 38.6 Å². The van der Waals surface area contributed by atoms with Gasteiger partial charge >= 0.3 is 5.69 Å². The first-order valence-corrected chi connectivity index (χ1v) is 7.59. The van der Waals surface area contributed by atoms with Crippen molar-refractivity contribution < 1.29 is 4.79 Å². The Morgan fingerprint density at radius 1 is 1.27 bits per heavy atom. The van der Waals surface area contributed by atoms with E-state index in [1.165, 1.54) is 5.56 Å². The molecule has 5 heteroatoms. The first-order valence-electron chi connectivity index (χ1n) is 7.59. The van der Waals surface area contributed by atoms with E-state index in [0.29, 0.717) is 18.8 Å². The molecule has 1 aromatic carbocycles. The number of hydrogen-bond donors (Lipinski definition) is 1. The summed E-state index contributed by atoms with van der Waals surface area (Å²) in [6.07, 6.45) is 1.30. The maximum Gasteiger partial charge on any atom is 0.329 e. The number of fused-ring (bicyclic) bond motifs is 1. The van der Waals surface area contributed by atoms with Gasteiger partial charge in [-0.3, -0.25) is 13.9 Å². The zero-order valence-electron chi connectivity index (χ0n) is 13.2. The van der Waals surface area contributed by atoms with Crippen LogP contribution in [0.1, 0.15) is 44.2 Å². The topological polar surface area (TPSA) is 56.0 Å². The van der Waals surface area contributed by atoms with Crippen LogP contribution in [0.25, 0.3) is 11.0 Å². The maximum atomic E-state index is 12.6. The molecule has 0 unspecified atom stereocenters. The molecule has 2 aromatic rings. The Morgan fingerprint density at radius 3 is 2.64 bits per heavy atom. The van der Waals surface area contributed by atoms with E-state index in [-0.39, 0.29) is 11.6 Å². The van der Waals surface area contributed by atoms with E-state index in [1.54, 1.807) is 16.2 Å². The third-order valence-electron chi connectivity index (χ3n) is 4.41. The normalized spacial score (nSPS) is 19.0. The van der Waals surface area contributed by atoms with Crippen molar-refractivity contribution in [2.24, 2.45) is 7.05 Å². The van der Waals surface area contributed by atoms with Crippen molar-refractivity contribution >= 4 is 16.9 Å². The fraction of sp³-hybridized carbons (Fsp3) is 0.412. The molecule has 1 aromatic heterocycles. The van der Waals surface area contributed by atoms with Gasteiger partial charge in [0.25, 0.3) is 0 Å². The summed E-state index contributed by atoms with van der Waals surface area (Å²) in [4.78, 5) is 24.9. The first kappa shape index (κ1) is 14.6. The lowest BCUT2D eigenvalue weighted by Crippen LogP contribution is -2.40. The average Bonchev–Trinajstić information content (AvgIpc) is 2.71. The lowest BCUT2D eigenvalue weighted by Gasteiger charge is -2.24. The molecule has 5 nitrogen and oxygen atoms in total. The number of carbonyl (C=O) groups is 1. The van der Waals surface area contributed by atoms with Crippen LogP contribution in [0.4, 0.5) is 0 Å². The van der Waals surface area contributed by atoms with Gasteiger partial charge in [-0.1, -0.05) is 26.5 Å². The predicted molar refractivity (Wildman–Crippen MR) is 86.8 cm³/mol. The number of nitrogens with zero attached hydrogens (tertiary/aromatic N) is 2. The summed E-state index contributed by atoms with van der Waals surface area (Å²) in [7, 11) is 1.75. The fourth-order valence-electron chi connectivity index (χ4n) is 3.05. The Labute approximate surface area is 129 Å². The summed E-state index contributed by atoms with van der Waals surface area (Å²) in [6.45, 7) is 8.03. The fourth-order valence-corrected chi connectivity index (χ4v) is 3.05. The van der Waals surface area contributed by atoms with E-state index in [1.807, 2.05) is 18.2 Å². The van der Waals surface area contributed by atoms with E-state index in [0.717, 1.165) is 16.7 Å². The summed E-state index contributed by atoms with van der Waals surface area (Å²) < 4.78 is 3.24. The molecule has 2 heterocycles. The number of piperidine rings is 1. The second-order valence-corrected chi connectivity index (χ2v) is 6.26. The predicted octanol–water partition coefficient (Wildman–Crippen LogP) is 2.43. The number of rotatable bonds is 2. The molecular weight excluding hydrogens is 278 g/mol. The molecule has 22 heavy (non-hydrogen) atoms. The number of hydrogen-bond acceptors (Lipinski definition) is 2. The third-order valence-corrected chi connectivity index (χ3v) is 4.41. The van der Waals surface area contributed by atoms with Gasteiger partial charge in [-0.2, -0.15) is 0 Å². The quantitative estimate of drug-likeness (QED) is 0.926. The Balaban J connectivity index is 2.18. The van der Waals surface area contributed by atoms with Gasteiger partial charge in [0, 0.05) is 12.7 Å². The molecule has 1 aliphatic rings. The number of aryl methyl sites for hydroxylation is 1. The lowest BCUT2D eigenvalue weighted by atomic mass is 10.0. The van der Waals surface area contributed by atoms with Gasteiger partial charge in [0.2, 0.25) is 5.91 Å². The van der Waals surface area contributed by atoms with E-state index < -0.39 is 6.04 Å². The summed E-state index contributed by atoms with van der Waals surface area (Å²) in [5, 5.41) is 2.76. The van der Waals surface area contributed by atoms with Crippen LogP contribution >= 0.6 is 0 Å². The SMILES string of the molecule is C=C1CC[C@H](n2c(=O)n(C)c3cc(C(C)C)ccc32)C(=O)N1. The highest BCUT2D eigenvalue weighted by Crippen LogP contribution is 2.26. The van der Waals surface area contributed by atoms with Gasteiger partial charge < -0.3 is 5.32 Å². The number of carbonyl (C=O) groups excluding carboxylic acids is 1. The van der Waals surface area contributed by atoms with Crippen molar-refractivity contribution in [3.05, 3.63) is 46.5 Å². The smallest absolute Gasteiger partial charge is 0.329 e. The zero-order chi connectivity index (χ0) is 16.0. The molecular formula is C17H21N3O2. The summed E-state index contributed by atoms with van der Waals surface area (Å²) in [5.74, 6) is 0.239. The third kappa shape index (κ3) is 2.17. The van der Waals surface area contributed by atoms with Crippen molar-refractivity contribution in [3.8, 4) is 0 Å². The van der Waals surface area contributed by atoms with Crippen LogP contribution in [-0.2, 0) is 11.8 Å². The zero-order valence-corrected chi connectivity index (χ0v) is 13.2. The van der Waals surface area contributed by atoms with Crippen LogP contribution in [0.3, 0.4) is 0 Å². The minimum absolute atomic E-state index is 0.149. The van der Waals surface area contributed by atoms with Crippen LogP contribution in [0.5, 0.6) is 0 Å².